The minimum Gasteiger partial charge on any atom is -0.325 e. The van der Waals surface area contributed by atoms with Gasteiger partial charge in [-0.05, 0) is 18.6 Å². The van der Waals surface area contributed by atoms with Crippen molar-refractivity contribution in [1.29, 1.82) is 0 Å². The molecule has 3 heteroatoms. The van der Waals surface area contributed by atoms with Gasteiger partial charge in [0, 0.05) is 18.4 Å². The molecule has 0 bridgehead atoms. The molecule has 1 N–H and O–H groups in total. The average Bonchev–Trinajstić information content (AvgIpc) is 2.30. The highest BCUT2D eigenvalue weighted by Crippen LogP contribution is 2.25. The number of aryl methyl sites for hydroxylation is 1. The summed E-state index contributed by atoms with van der Waals surface area (Å²) in [6.45, 7) is 1.89. The third kappa shape index (κ3) is 1.41. The Bertz CT molecular complexity index is 410. The smallest absolute Gasteiger partial charge is 0.224 e. The molecule has 0 radical (unpaired) electrons. The van der Waals surface area contributed by atoms with Crippen molar-refractivity contribution in [2.75, 3.05) is 5.32 Å². The zero-order valence-corrected chi connectivity index (χ0v) is 7.96. The van der Waals surface area contributed by atoms with Gasteiger partial charge in [0.2, 0.25) is 5.91 Å². The van der Waals surface area contributed by atoms with Crippen molar-refractivity contribution < 1.29 is 9.59 Å². The number of hydrogen-bond acceptors (Lipinski definition) is 2. The Morgan fingerprint density at radius 2 is 2.00 bits per heavy atom. The van der Waals surface area contributed by atoms with E-state index in [2.05, 4.69) is 5.32 Å². The van der Waals surface area contributed by atoms with Gasteiger partial charge in [-0.2, -0.15) is 0 Å². The lowest BCUT2D eigenvalue weighted by Gasteiger charge is -2.08. The van der Waals surface area contributed by atoms with E-state index in [-0.39, 0.29) is 18.1 Å². The quantitative estimate of drug-likeness (QED) is 0.677. The van der Waals surface area contributed by atoms with E-state index < -0.39 is 0 Å². The fraction of sp³-hybridized carbons (Fsp3) is 0.273. The number of carbonyl (C=O) groups excluding carboxylic acids is 2. The van der Waals surface area contributed by atoms with Crippen LogP contribution in [0.25, 0.3) is 0 Å². The van der Waals surface area contributed by atoms with Gasteiger partial charge >= 0.3 is 0 Å². The van der Waals surface area contributed by atoms with Gasteiger partial charge in [-0.15, -0.1) is 0 Å². The molecule has 2 rings (SSSR count). The van der Waals surface area contributed by atoms with Gasteiger partial charge in [-0.3, -0.25) is 9.59 Å². The van der Waals surface area contributed by atoms with Crippen LogP contribution in [0.5, 0.6) is 0 Å². The molecule has 0 aromatic heterocycles. The summed E-state index contributed by atoms with van der Waals surface area (Å²) in [5, 5.41) is 2.76. The molecule has 1 aliphatic heterocycles. The molecular weight excluding hydrogens is 178 g/mol. The SMILES string of the molecule is Cc1cccc2c1NC(=O)CCC2=O. The van der Waals surface area contributed by atoms with Crippen LogP contribution in [0.3, 0.4) is 0 Å². The molecule has 3 nitrogen and oxygen atoms in total. The first-order valence-corrected chi connectivity index (χ1v) is 4.61. The zero-order chi connectivity index (χ0) is 10.1. The summed E-state index contributed by atoms with van der Waals surface area (Å²) >= 11 is 0. The molecule has 0 fully saturated rings. The standard InChI is InChI=1S/C11H11NO2/c1-7-3-2-4-8-9(13)5-6-10(14)12-11(7)8/h2-4H,5-6H2,1H3,(H,12,14). The first-order valence-electron chi connectivity index (χ1n) is 4.61. The number of para-hydroxylation sites is 1. The maximum absolute atomic E-state index is 11.6. The summed E-state index contributed by atoms with van der Waals surface area (Å²) in [5.41, 5.74) is 2.25. The van der Waals surface area contributed by atoms with Crippen molar-refractivity contribution in [2.45, 2.75) is 19.8 Å². The van der Waals surface area contributed by atoms with Crippen LogP contribution < -0.4 is 5.32 Å². The second-order valence-electron chi connectivity index (χ2n) is 3.47. The van der Waals surface area contributed by atoms with Crippen molar-refractivity contribution in [3.05, 3.63) is 29.3 Å². The zero-order valence-electron chi connectivity index (χ0n) is 7.96. The molecule has 14 heavy (non-hydrogen) atoms. The number of ketones is 1. The van der Waals surface area contributed by atoms with Gasteiger partial charge in [0.25, 0.3) is 0 Å². The lowest BCUT2D eigenvalue weighted by atomic mass is 10.0. The van der Waals surface area contributed by atoms with E-state index in [1.807, 2.05) is 19.1 Å². The fourth-order valence-corrected chi connectivity index (χ4v) is 1.63. The molecule has 0 saturated carbocycles. The van der Waals surface area contributed by atoms with E-state index in [1.54, 1.807) is 6.07 Å². The second-order valence-corrected chi connectivity index (χ2v) is 3.47. The maximum atomic E-state index is 11.6. The van der Waals surface area contributed by atoms with Gasteiger partial charge in [0.05, 0.1) is 5.69 Å². The Labute approximate surface area is 82.1 Å². The Morgan fingerprint density at radius 1 is 1.21 bits per heavy atom. The highest BCUT2D eigenvalue weighted by atomic mass is 16.2. The van der Waals surface area contributed by atoms with E-state index in [1.165, 1.54) is 0 Å². The molecule has 1 aliphatic rings. The lowest BCUT2D eigenvalue weighted by Crippen LogP contribution is -2.10. The Balaban J connectivity index is 2.57. The number of nitrogens with one attached hydrogen (secondary N) is 1. The van der Waals surface area contributed by atoms with Gasteiger partial charge in [-0.25, -0.2) is 0 Å². The Hall–Kier alpha value is -1.64. The largest absolute Gasteiger partial charge is 0.325 e. The summed E-state index contributed by atoms with van der Waals surface area (Å²) in [6, 6.07) is 5.48. The topological polar surface area (TPSA) is 46.2 Å². The highest BCUT2D eigenvalue weighted by molar-refractivity contribution is 6.09. The summed E-state index contributed by atoms with van der Waals surface area (Å²) in [5.74, 6) is -0.0338. The highest BCUT2D eigenvalue weighted by Gasteiger charge is 2.19. The van der Waals surface area contributed by atoms with Crippen molar-refractivity contribution in [3.63, 3.8) is 0 Å². The van der Waals surface area contributed by atoms with E-state index in [4.69, 9.17) is 0 Å². The van der Waals surface area contributed by atoms with Crippen molar-refractivity contribution in [2.24, 2.45) is 0 Å². The van der Waals surface area contributed by atoms with Crippen LogP contribution in [0.4, 0.5) is 5.69 Å². The maximum Gasteiger partial charge on any atom is 0.224 e. The summed E-state index contributed by atoms with van der Waals surface area (Å²) in [7, 11) is 0. The third-order valence-electron chi connectivity index (χ3n) is 2.42. The summed E-state index contributed by atoms with van der Waals surface area (Å²) in [4.78, 5) is 22.9. The van der Waals surface area contributed by atoms with Crippen LogP contribution in [-0.4, -0.2) is 11.7 Å². The monoisotopic (exact) mass is 189 g/mol. The predicted molar refractivity (Wildman–Crippen MR) is 53.4 cm³/mol. The normalized spacial score (nSPS) is 15.8. The molecule has 0 atom stereocenters. The summed E-state index contributed by atoms with van der Waals surface area (Å²) in [6.07, 6.45) is 0.592. The number of anilines is 1. The van der Waals surface area contributed by atoms with Crippen LogP contribution >= 0.6 is 0 Å². The molecule has 0 saturated heterocycles. The van der Waals surface area contributed by atoms with E-state index in [0.29, 0.717) is 17.7 Å². The van der Waals surface area contributed by atoms with Crippen molar-refractivity contribution in [1.82, 2.24) is 0 Å². The molecular formula is C11H11NO2. The van der Waals surface area contributed by atoms with Crippen LogP contribution in [-0.2, 0) is 4.79 Å². The van der Waals surface area contributed by atoms with Gasteiger partial charge in [0.1, 0.15) is 0 Å². The van der Waals surface area contributed by atoms with E-state index in [9.17, 15) is 9.59 Å². The van der Waals surface area contributed by atoms with Crippen LogP contribution in [0.15, 0.2) is 18.2 Å². The molecule has 0 spiro atoms. The Kier molecular flexibility index (Phi) is 2.08. The molecule has 1 aromatic rings. The van der Waals surface area contributed by atoms with Crippen molar-refractivity contribution >= 4 is 17.4 Å². The lowest BCUT2D eigenvalue weighted by molar-refractivity contribution is -0.116. The number of carbonyl (C=O) groups is 2. The predicted octanol–water partition coefficient (Wildman–Crippen LogP) is 1.91. The molecule has 72 valence electrons. The minimum absolute atomic E-state index is 0.0436. The molecule has 1 amide bonds. The number of benzene rings is 1. The van der Waals surface area contributed by atoms with Crippen LogP contribution in [0.2, 0.25) is 0 Å². The van der Waals surface area contributed by atoms with Crippen LogP contribution in [0, 0.1) is 6.92 Å². The first-order chi connectivity index (χ1) is 6.68. The number of amides is 1. The van der Waals surface area contributed by atoms with Gasteiger partial charge in [0.15, 0.2) is 5.78 Å². The van der Waals surface area contributed by atoms with Gasteiger partial charge in [-0.1, -0.05) is 12.1 Å². The molecule has 0 aliphatic carbocycles. The fourth-order valence-electron chi connectivity index (χ4n) is 1.63. The number of fused-ring (bicyclic) bond motifs is 1. The average molecular weight is 189 g/mol. The third-order valence-corrected chi connectivity index (χ3v) is 2.42. The van der Waals surface area contributed by atoms with Crippen molar-refractivity contribution in [3.8, 4) is 0 Å². The number of Topliss-reactive ketones (excluding diaryl/α,β-unsaturated/α-hetero) is 1. The number of hydrogen-bond donors (Lipinski definition) is 1. The molecule has 0 unspecified atom stereocenters. The molecule has 1 heterocycles. The Morgan fingerprint density at radius 3 is 2.79 bits per heavy atom. The van der Waals surface area contributed by atoms with Gasteiger partial charge < -0.3 is 5.32 Å². The number of rotatable bonds is 0. The van der Waals surface area contributed by atoms with E-state index >= 15 is 0 Å². The summed E-state index contributed by atoms with van der Waals surface area (Å²) < 4.78 is 0. The minimum atomic E-state index is -0.0774. The molecule has 1 aromatic carbocycles. The first kappa shape index (κ1) is 8.94. The van der Waals surface area contributed by atoms with E-state index in [0.717, 1.165) is 5.56 Å². The second kappa shape index (κ2) is 3.25. The van der Waals surface area contributed by atoms with Crippen LogP contribution in [0.1, 0.15) is 28.8 Å².